The van der Waals surface area contributed by atoms with Gasteiger partial charge in [-0.1, -0.05) is 41.9 Å². The van der Waals surface area contributed by atoms with Gasteiger partial charge in [0, 0.05) is 16.3 Å². The van der Waals surface area contributed by atoms with E-state index in [1.165, 1.54) is 5.56 Å². The molecule has 2 nitrogen and oxygen atoms in total. The SMILES string of the molecule is Br.Cc1ccc(N2Cc3ccccc3C2=N)cc1Cl. The second-order valence-electron chi connectivity index (χ2n) is 4.53. The summed E-state index contributed by atoms with van der Waals surface area (Å²) in [4.78, 5) is 1.98. The first-order valence-electron chi connectivity index (χ1n) is 5.87. The summed E-state index contributed by atoms with van der Waals surface area (Å²) in [5.41, 5.74) is 4.24. The third-order valence-electron chi connectivity index (χ3n) is 3.34. The fourth-order valence-corrected chi connectivity index (χ4v) is 2.43. The Morgan fingerprint density at radius 3 is 2.58 bits per heavy atom. The van der Waals surface area contributed by atoms with E-state index in [0.717, 1.165) is 28.4 Å². The molecule has 19 heavy (non-hydrogen) atoms. The van der Waals surface area contributed by atoms with Gasteiger partial charge in [0.1, 0.15) is 5.84 Å². The van der Waals surface area contributed by atoms with Crippen LogP contribution < -0.4 is 4.90 Å². The van der Waals surface area contributed by atoms with Crippen molar-refractivity contribution in [1.29, 1.82) is 5.41 Å². The molecule has 1 N–H and O–H groups in total. The number of rotatable bonds is 1. The van der Waals surface area contributed by atoms with Crippen LogP contribution in [0, 0.1) is 12.3 Å². The molecule has 0 aromatic heterocycles. The quantitative estimate of drug-likeness (QED) is 0.810. The van der Waals surface area contributed by atoms with Gasteiger partial charge in [-0.15, -0.1) is 17.0 Å². The van der Waals surface area contributed by atoms with Crippen molar-refractivity contribution in [2.24, 2.45) is 0 Å². The molecule has 0 radical (unpaired) electrons. The summed E-state index contributed by atoms with van der Waals surface area (Å²) in [5, 5.41) is 8.98. The first-order chi connectivity index (χ1) is 8.66. The Morgan fingerprint density at radius 2 is 1.89 bits per heavy atom. The number of hydrogen-bond acceptors (Lipinski definition) is 1. The summed E-state index contributed by atoms with van der Waals surface area (Å²) < 4.78 is 0. The summed E-state index contributed by atoms with van der Waals surface area (Å²) >= 11 is 6.15. The average Bonchev–Trinajstić information content (AvgIpc) is 2.71. The topological polar surface area (TPSA) is 27.1 Å². The van der Waals surface area contributed by atoms with E-state index in [-0.39, 0.29) is 17.0 Å². The molecule has 0 saturated carbocycles. The molecule has 0 amide bonds. The van der Waals surface area contributed by atoms with E-state index in [2.05, 4.69) is 6.07 Å². The predicted octanol–water partition coefficient (Wildman–Crippen LogP) is 4.57. The van der Waals surface area contributed by atoms with Crippen molar-refractivity contribution in [3.63, 3.8) is 0 Å². The van der Waals surface area contributed by atoms with Crippen LogP contribution in [0.2, 0.25) is 5.02 Å². The number of halogens is 2. The molecule has 0 atom stereocenters. The number of nitrogens with zero attached hydrogens (tertiary/aromatic N) is 1. The molecule has 98 valence electrons. The second-order valence-corrected chi connectivity index (χ2v) is 4.93. The fraction of sp³-hybridized carbons (Fsp3) is 0.133. The van der Waals surface area contributed by atoms with Gasteiger partial charge in [0.05, 0.1) is 6.54 Å². The summed E-state index contributed by atoms with van der Waals surface area (Å²) in [6, 6.07) is 14.0. The minimum Gasteiger partial charge on any atom is -0.322 e. The van der Waals surface area contributed by atoms with Gasteiger partial charge in [-0.3, -0.25) is 5.41 Å². The van der Waals surface area contributed by atoms with E-state index in [4.69, 9.17) is 17.0 Å². The molecule has 3 rings (SSSR count). The smallest absolute Gasteiger partial charge is 0.133 e. The molecule has 0 fully saturated rings. The standard InChI is InChI=1S/C15H13ClN2.BrH/c1-10-6-7-12(8-14(10)16)18-9-11-4-2-3-5-13(11)15(18)17;/h2-8,17H,9H2,1H3;1H. The van der Waals surface area contributed by atoms with Crippen LogP contribution >= 0.6 is 28.6 Å². The molecule has 0 spiro atoms. The summed E-state index contributed by atoms with van der Waals surface area (Å²) in [6.07, 6.45) is 0. The van der Waals surface area contributed by atoms with Crippen LogP contribution in [0.1, 0.15) is 16.7 Å². The van der Waals surface area contributed by atoms with Crippen LogP contribution in [0.4, 0.5) is 5.69 Å². The molecule has 1 heterocycles. The summed E-state index contributed by atoms with van der Waals surface area (Å²) in [7, 11) is 0. The van der Waals surface area contributed by atoms with Gasteiger partial charge in [0.2, 0.25) is 0 Å². The summed E-state index contributed by atoms with van der Waals surface area (Å²) in [5.74, 6) is 0.547. The Hall–Kier alpha value is -1.32. The van der Waals surface area contributed by atoms with Crippen LogP contribution in [-0.4, -0.2) is 5.84 Å². The highest BCUT2D eigenvalue weighted by Crippen LogP contribution is 2.30. The highest BCUT2D eigenvalue weighted by Gasteiger charge is 2.24. The van der Waals surface area contributed by atoms with Gasteiger partial charge < -0.3 is 4.90 Å². The first kappa shape index (κ1) is 14.1. The molecule has 1 aliphatic heterocycles. The molecule has 0 aliphatic carbocycles. The zero-order valence-corrected chi connectivity index (χ0v) is 13.0. The lowest BCUT2D eigenvalue weighted by atomic mass is 10.1. The average molecular weight is 338 g/mol. The Morgan fingerprint density at radius 1 is 1.16 bits per heavy atom. The molecule has 1 aliphatic rings. The monoisotopic (exact) mass is 336 g/mol. The lowest BCUT2D eigenvalue weighted by Crippen LogP contribution is -2.22. The lowest BCUT2D eigenvalue weighted by molar-refractivity contribution is 1.05. The van der Waals surface area contributed by atoms with Gasteiger partial charge in [-0.2, -0.15) is 0 Å². The second kappa shape index (κ2) is 5.35. The number of nitrogens with one attached hydrogen (secondary N) is 1. The van der Waals surface area contributed by atoms with Crippen molar-refractivity contribution in [3.05, 3.63) is 64.2 Å². The molecule has 4 heteroatoms. The molecule has 0 unspecified atom stereocenters. The molecule has 2 aromatic rings. The fourth-order valence-electron chi connectivity index (χ4n) is 2.25. The number of aryl methyl sites for hydroxylation is 1. The van der Waals surface area contributed by atoms with Crippen molar-refractivity contribution in [1.82, 2.24) is 0 Å². The number of fused-ring (bicyclic) bond motifs is 1. The largest absolute Gasteiger partial charge is 0.322 e. The van der Waals surface area contributed by atoms with Crippen LogP contribution in [0.15, 0.2) is 42.5 Å². The maximum absolute atomic E-state index is 8.23. The van der Waals surface area contributed by atoms with Crippen LogP contribution in [0.3, 0.4) is 0 Å². The Bertz CT molecular complexity index is 640. The summed E-state index contributed by atoms with van der Waals surface area (Å²) in [6.45, 7) is 2.73. The number of hydrogen-bond donors (Lipinski definition) is 1. The number of benzene rings is 2. The number of amidine groups is 1. The van der Waals surface area contributed by atoms with Crippen molar-refractivity contribution in [3.8, 4) is 0 Å². The van der Waals surface area contributed by atoms with E-state index >= 15 is 0 Å². The highest BCUT2D eigenvalue weighted by atomic mass is 79.9. The lowest BCUT2D eigenvalue weighted by Gasteiger charge is -2.18. The zero-order chi connectivity index (χ0) is 12.7. The Labute approximate surface area is 128 Å². The van der Waals surface area contributed by atoms with Crippen molar-refractivity contribution in [2.45, 2.75) is 13.5 Å². The first-order valence-corrected chi connectivity index (χ1v) is 6.25. The minimum absolute atomic E-state index is 0. The predicted molar refractivity (Wildman–Crippen MR) is 86.0 cm³/mol. The van der Waals surface area contributed by atoms with Gasteiger partial charge in [0.15, 0.2) is 0 Å². The zero-order valence-electron chi connectivity index (χ0n) is 10.5. The molecule has 0 saturated heterocycles. The molecular formula is C15H14BrClN2. The Balaban J connectivity index is 0.00000133. The molecular weight excluding hydrogens is 324 g/mol. The third kappa shape index (κ3) is 2.40. The number of anilines is 1. The van der Waals surface area contributed by atoms with E-state index in [0.29, 0.717) is 5.84 Å². The van der Waals surface area contributed by atoms with Gasteiger partial charge in [-0.05, 0) is 30.2 Å². The van der Waals surface area contributed by atoms with E-state index in [1.807, 2.05) is 48.2 Å². The van der Waals surface area contributed by atoms with Crippen LogP contribution in [-0.2, 0) is 6.54 Å². The van der Waals surface area contributed by atoms with Gasteiger partial charge in [-0.25, -0.2) is 0 Å². The van der Waals surface area contributed by atoms with Crippen LogP contribution in [0.5, 0.6) is 0 Å². The maximum atomic E-state index is 8.23. The Kier molecular flexibility index (Phi) is 3.97. The minimum atomic E-state index is 0. The molecule has 0 bridgehead atoms. The van der Waals surface area contributed by atoms with Gasteiger partial charge >= 0.3 is 0 Å². The van der Waals surface area contributed by atoms with Crippen molar-refractivity contribution < 1.29 is 0 Å². The van der Waals surface area contributed by atoms with Crippen LogP contribution in [0.25, 0.3) is 0 Å². The third-order valence-corrected chi connectivity index (χ3v) is 3.75. The maximum Gasteiger partial charge on any atom is 0.133 e. The van der Waals surface area contributed by atoms with E-state index in [9.17, 15) is 0 Å². The van der Waals surface area contributed by atoms with E-state index in [1.54, 1.807) is 0 Å². The van der Waals surface area contributed by atoms with E-state index < -0.39 is 0 Å². The highest BCUT2D eigenvalue weighted by molar-refractivity contribution is 8.93. The molecule has 2 aromatic carbocycles. The normalized spacial score (nSPS) is 13.2. The van der Waals surface area contributed by atoms with Crippen molar-refractivity contribution in [2.75, 3.05) is 4.90 Å². The van der Waals surface area contributed by atoms with Gasteiger partial charge in [0.25, 0.3) is 0 Å². The van der Waals surface area contributed by atoms with Crippen molar-refractivity contribution >= 4 is 40.1 Å².